The van der Waals surface area contributed by atoms with Crippen molar-refractivity contribution in [1.29, 1.82) is 0 Å². The molecule has 0 saturated carbocycles. The molecule has 0 amide bonds. The van der Waals surface area contributed by atoms with Crippen LogP contribution in [0, 0.1) is 0 Å². The summed E-state index contributed by atoms with van der Waals surface area (Å²) in [6.45, 7) is 2.13. The minimum absolute atomic E-state index is 0.0458. The van der Waals surface area contributed by atoms with Gasteiger partial charge >= 0.3 is 0 Å². The molecule has 5 nitrogen and oxygen atoms in total. The van der Waals surface area contributed by atoms with Gasteiger partial charge in [-0.3, -0.25) is 0 Å². The molecule has 106 valence electrons. The summed E-state index contributed by atoms with van der Waals surface area (Å²) in [5, 5.41) is 3.22. The molecule has 1 aromatic rings. The highest BCUT2D eigenvalue weighted by atomic mass is 32.2. The summed E-state index contributed by atoms with van der Waals surface area (Å²) in [6.07, 6.45) is 1.69. The number of hydrogen-bond donors (Lipinski definition) is 2. The first-order valence-corrected chi connectivity index (χ1v) is 8.00. The smallest absolute Gasteiger partial charge is 0.279 e. The number of nitrogens with one attached hydrogen (secondary N) is 2. The molecule has 0 bridgehead atoms. The van der Waals surface area contributed by atoms with Crippen LogP contribution in [0.25, 0.3) is 0 Å². The molecule has 1 heterocycles. The van der Waals surface area contributed by atoms with E-state index in [9.17, 15) is 8.42 Å². The molecular weight excluding hydrogens is 262 g/mol. The molecule has 1 fully saturated rings. The maximum absolute atomic E-state index is 12.2. The minimum Gasteiger partial charge on any atom is -0.317 e. The summed E-state index contributed by atoms with van der Waals surface area (Å²) in [5.41, 5.74) is 0.987. The lowest BCUT2D eigenvalue weighted by molar-refractivity contribution is 0.400. The first-order chi connectivity index (χ1) is 9.08. The minimum atomic E-state index is -3.40. The Hall–Kier alpha value is -0.950. The van der Waals surface area contributed by atoms with E-state index in [0.717, 1.165) is 31.5 Å². The number of rotatable bonds is 5. The van der Waals surface area contributed by atoms with E-state index in [4.69, 9.17) is 0 Å². The fraction of sp³-hybridized carbons (Fsp3) is 0.538. The highest BCUT2D eigenvalue weighted by molar-refractivity contribution is 7.87. The van der Waals surface area contributed by atoms with Gasteiger partial charge in [-0.25, -0.2) is 0 Å². The second-order valence-corrected chi connectivity index (χ2v) is 6.70. The molecule has 0 atom stereocenters. The molecule has 0 aromatic heterocycles. The van der Waals surface area contributed by atoms with Gasteiger partial charge in [0.1, 0.15) is 0 Å². The Bertz CT molecular complexity index is 484. The summed E-state index contributed by atoms with van der Waals surface area (Å²) in [4.78, 5) is 0. The fourth-order valence-electron chi connectivity index (χ4n) is 2.17. The van der Waals surface area contributed by atoms with Gasteiger partial charge in [-0.05, 0) is 31.5 Å². The highest BCUT2D eigenvalue weighted by Gasteiger charge is 2.23. The molecule has 0 aliphatic carbocycles. The Labute approximate surface area is 115 Å². The molecule has 1 saturated heterocycles. The van der Waals surface area contributed by atoms with Crippen LogP contribution in [0.4, 0.5) is 0 Å². The van der Waals surface area contributed by atoms with Gasteiger partial charge in [0.05, 0.1) is 0 Å². The Kier molecular flexibility index (Phi) is 4.93. The quantitative estimate of drug-likeness (QED) is 0.836. The largest absolute Gasteiger partial charge is 0.317 e. The molecular formula is C13H21N3O2S. The topological polar surface area (TPSA) is 61.4 Å². The summed E-state index contributed by atoms with van der Waals surface area (Å²) >= 11 is 0. The summed E-state index contributed by atoms with van der Waals surface area (Å²) in [6, 6.07) is 9.65. The van der Waals surface area contributed by atoms with Crippen molar-refractivity contribution in [1.82, 2.24) is 14.3 Å². The van der Waals surface area contributed by atoms with Gasteiger partial charge in [-0.2, -0.15) is 17.4 Å². The Morgan fingerprint density at radius 1 is 1.26 bits per heavy atom. The molecule has 0 radical (unpaired) electrons. The SMILES string of the molecule is CN(Cc1ccccc1)S(=O)(=O)NC1CCNCC1. The van der Waals surface area contributed by atoms with E-state index in [1.807, 2.05) is 30.3 Å². The molecule has 19 heavy (non-hydrogen) atoms. The van der Waals surface area contributed by atoms with E-state index in [1.54, 1.807) is 7.05 Å². The van der Waals surface area contributed by atoms with Crippen LogP contribution in [0.3, 0.4) is 0 Å². The van der Waals surface area contributed by atoms with E-state index in [2.05, 4.69) is 10.0 Å². The average molecular weight is 283 g/mol. The van der Waals surface area contributed by atoms with Crippen LogP contribution in [0.2, 0.25) is 0 Å². The number of hydrogen-bond acceptors (Lipinski definition) is 3. The first kappa shape index (κ1) is 14.5. The molecule has 0 unspecified atom stereocenters. The first-order valence-electron chi connectivity index (χ1n) is 6.56. The van der Waals surface area contributed by atoms with Crippen LogP contribution >= 0.6 is 0 Å². The van der Waals surface area contributed by atoms with Gasteiger partial charge < -0.3 is 5.32 Å². The van der Waals surface area contributed by atoms with Crippen molar-refractivity contribution < 1.29 is 8.42 Å². The van der Waals surface area contributed by atoms with Gasteiger partial charge in [0.2, 0.25) is 0 Å². The zero-order valence-electron chi connectivity index (χ0n) is 11.2. The monoisotopic (exact) mass is 283 g/mol. The highest BCUT2D eigenvalue weighted by Crippen LogP contribution is 2.09. The number of nitrogens with zero attached hydrogens (tertiary/aromatic N) is 1. The van der Waals surface area contributed by atoms with E-state index in [0.29, 0.717) is 6.54 Å². The summed E-state index contributed by atoms with van der Waals surface area (Å²) in [5.74, 6) is 0. The predicted molar refractivity (Wildman–Crippen MR) is 75.9 cm³/mol. The fourth-order valence-corrected chi connectivity index (χ4v) is 3.32. The number of piperidine rings is 1. The predicted octanol–water partition coefficient (Wildman–Crippen LogP) is 0.705. The third kappa shape index (κ3) is 4.28. The van der Waals surface area contributed by atoms with Crippen molar-refractivity contribution in [2.45, 2.75) is 25.4 Å². The number of benzene rings is 1. The van der Waals surface area contributed by atoms with Crippen LogP contribution in [0.5, 0.6) is 0 Å². The van der Waals surface area contributed by atoms with Gasteiger partial charge in [0.15, 0.2) is 0 Å². The van der Waals surface area contributed by atoms with E-state index >= 15 is 0 Å². The van der Waals surface area contributed by atoms with Gasteiger partial charge in [-0.15, -0.1) is 0 Å². The molecule has 1 aliphatic rings. The van der Waals surface area contributed by atoms with Gasteiger partial charge in [0, 0.05) is 19.6 Å². The van der Waals surface area contributed by atoms with Crippen LogP contribution < -0.4 is 10.0 Å². The normalized spacial score (nSPS) is 17.8. The van der Waals surface area contributed by atoms with E-state index < -0.39 is 10.2 Å². The summed E-state index contributed by atoms with van der Waals surface area (Å²) in [7, 11) is -1.79. The molecule has 6 heteroatoms. The molecule has 2 rings (SSSR count). The Morgan fingerprint density at radius 3 is 2.53 bits per heavy atom. The Balaban J connectivity index is 1.94. The maximum atomic E-state index is 12.2. The van der Waals surface area contributed by atoms with Crippen molar-refractivity contribution in [2.24, 2.45) is 0 Å². The van der Waals surface area contributed by atoms with E-state index in [1.165, 1.54) is 4.31 Å². The third-order valence-electron chi connectivity index (χ3n) is 3.31. The molecule has 0 spiro atoms. The average Bonchev–Trinajstić information content (AvgIpc) is 2.40. The van der Waals surface area contributed by atoms with Crippen molar-refractivity contribution in [3.05, 3.63) is 35.9 Å². The standard InChI is InChI=1S/C13H21N3O2S/c1-16(11-12-5-3-2-4-6-12)19(17,18)15-13-7-9-14-10-8-13/h2-6,13-15H,7-11H2,1H3. The zero-order chi connectivity index (χ0) is 13.7. The van der Waals surface area contributed by atoms with Crippen LogP contribution in [0.1, 0.15) is 18.4 Å². The second kappa shape index (κ2) is 6.47. The third-order valence-corrected chi connectivity index (χ3v) is 4.89. The van der Waals surface area contributed by atoms with Crippen LogP contribution in [-0.2, 0) is 16.8 Å². The van der Waals surface area contributed by atoms with Crippen LogP contribution in [0.15, 0.2) is 30.3 Å². The van der Waals surface area contributed by atoms with Crippen molar-refractivity contribution in [3.8, 4) is 0 Å². The lowest BCUT2D eigenvalue weighted by Gasteiger charge is -2.26. The second-order valence-electron chi connectivity index (χ2n) is 4.89. The van der Waals surface area contributed by atoms with Crippen molar-refractivity contribution in [2.75, 3.05) is 20.1 Å². The van der Waals surface area contributed by atoms with Gasteiger partial charge in [-0.1, -0.05) is 30.3 Å². The van der Waals surface area contributed by atoms with Crippen LogP contribution in [-0.4, -0.2) is 38.9 Å². The molecule has 2 N–H and O–H groups in total. The lowest BCUT2D eigenvalue weighted by atomic mass is 10.1. The zero-order valence-corrected chi connectivity index (χ0v) is 12.0. The molecule has 1 aromatic carbocycles. The van der Waals surface area contributed by atoms with E-state index in [-0.39, 0.29) is 6.04 Å². The lowest BCUT2D eigenvalue weighted by Crippen LogP contribution is -2.47. The summed E-state index contributed by atoms with van der Waals surface area (Å²) < 4.78 is 28.5. The Morgan fingerprint density at radius 2 is 1.89 bits per heavy atom. The van der Waals surface area contributed by atoms with Crippen molar-refractivity contribution >= 4 is 10.2 Å². The van der Waals surface area contributed by atoms with Gasteiger partial charge in [0.25, 0.3) is 10.2 Å². The van der Waals surface area contributed by atoms with Crippen molar-refractivity contribution in [3.63, 3.8) is 0 Å². The maximum Gasteiger partial charge on any atom is 0.279 e. The molecule has 1 aliphatic heterocycles.